The molecular formula is C18H36O5. The number of unbranched alkanes of at least 4 members (excludes halogenated alkanes) is 8. The third-order valence-corrected chi connectivity index (χ3v) is 4.28. The van der Waals surface area contributed by atoms with Crippen LogP contribution in [0, 0.1) is 0 Å². The Bertz CT molecular complexity index is 283. The molecule has 138 valence electrons. The second kappa shape index (κ2) is 14.9. The van der Waals surface area contributed by atoms with Gasteiger partial charge in [-0.3, -0.25) is 4.79 Å². The van der Waals surface area contributed by atoms with Crippen molar-refractivity contribution >= 4 is 5.97 Å². The van der Waals surface area contributed by atoms with Gasteiger partial charge in [0.1, 0.15) is 6.10 Å². The lowest BCUT2D eigenvalue weighted by molar-refractivity contribution is -0.137. The first-order valence-corrected chi connectivity index (χ1v) is 9.25. The van der Waals surface area contributed by atoms with Gasteiger partial charge in [-0.25, -0.2) is 0 Å². The molecule has 0 aliphatic rings. The highest BCUT2D eigenvalue weighted by Gasteiger charge is 2.23. The molecule has 5 nitrogen and oxygen atoms in total. The number of aliphatic carboxylic acids is 1. The lowest BCUT2D eigenvalue weighted by atomic mass is 9.98. The fraction of sp³-hybridized carbons (Fsp3) is 0.944. The molecule has 0 aromatic heterocycles. The Hall–Kier alpha value is -0.650. The van der Waals surface area contributed by atoms with Crippen molar-refractivity contribution in [3.05, 3.63) is 0 Å². The van der Waals surface area contributed by atoms with Gasteiger partial charge in [-0.15, -0.1) is 0 Å². The van der Waals surface area contributed by atoms with Crippen LogP contribution in [0.3, 0.4) is 0 Å². The van der Waals surface area contributed by atoms with E-state index < -0.39 is 24.3 Å². The van der Waals surface area contributed by atoms with E-state index in [1.54, 1.807) is 0 Å². The Balaban J connectivity index is 3.50. The predicted molar refractivity (Wildman–Crippen MR) is 91.4 cm³/mol. The number of hydrogen-bond acceptors (Lipinski definition) is 4. The molecule has 0 saturated carbocycles. The van der Waals surface area contributed by atoms with E-state index in [9.17, 15) is 20.1 Å². The third-order valence-electron chi connectivity index (χ3n) is 4.28. The summed E-state index contributed by atoms with van der Waals surface area (Å²) in [6, 6.07) is 0. The molecule has 0 heterocycles. The topological polar surface area (TPSA) is 98.0 Å². The minimum absolute atomic E-state index is 0.255. The minimum Gasteiger partial charge on any atom is -0.481 e. The Morgan fingerprint density at radius 3 is 1.65 bits per heavy atom. The largest absolute Gasteiger partial charge is 0.481 e. The van der Waals surface area contributed by atoms with Gasteiger partial charge in [0.15, 0.2) is 0 Å². The van der Waals surface area contributed by atoms with Gasteiger partial charge in [0.05, 0.1) is 12.2 Å². The molecule has 0 aliphatic carbocycles. The van der Waals surface area contributed by atoms with Crippen molar-refractivity contribution in [3.8, 4) is 0 Å². The molecular weight excluding hydrogens is 296 g/mol. The van der Waals surface area contributed by atoms with Crippen LogP contribution in [0.5, 0.6) is 0 Å². The van der Waals surface area contributed by atoms with E-state index >= 15 is 0 Å². The summed E-state index contributed by atoms with van der Waals surface area (Å²) in [5.74, 6) is -0.727. The van der Waals surface area contributed by atoms with E-state index in [0.29, 0.717) is 12.8 Å². The lowest BCUT2D eigenvalue weighted by Crippen LogP contribution is -2.37. The van der Waals surface area contributed by atoms with Crippen molar-refractivity contribution in [3.63, 3.8) is 0 Å². The van der Waals surface area contributed by atoms with Gasteiger partial charge in [0, 0.05) is 6.42 Å². The van der Waals surface area contributed by atoms with Crippen molar-refractivity contribution in [2.75, 3.05) is 0 Å². The highest BCUT2D eigenvalue weighted by molar-refractivity contribution is 5.66. The molecule has 3 atom stereocenters. The maximum absolute atomic E-state index is 10.4. The van der Waals surface area contributed by atoms with E-state index in [2.05, 4.69) is 6.92 Å². The average Bonchev–Trinajstić information content (AvgIpc) is 2.52. The number of carbonyl (C=O) groups is 1. The molecule has 0 spiro atoms. The summed E-state index contributed by atoms with van der Waals surface area (Å²) in [5.41, 5.74) is 0. The summed E-state index contributed by atoms with van der Waals surface area (Å²) in [6.07, 6.45) is 8.32. The maximum Gasteiger partial charge on any atom is 0.303 e. The second-order valence-electron chi connectivity index (χ2n) is 6.53. The molecule has 23 heavy (non-hydrogen) atoms. The number of rotatable bonds is 16. The van der Waals surface area contributed by atoms with Crippen LogP contribution >= 0.6 is 0 Å². The van der Waals surface area contributed by atoms with Crippen LogP contribution in [-0.2, 0) is 4.79 Å². The van der Waals surface area contributed by atoms with Crippen LogP contribution in [0.4, 0.5) is 0 Å². The second-order valence-corrected chi connectivity index (χ2v) is 6.53. The molecule has 0 fully saturated rings. The molecule has 0 saturated heterocycles. The summed E-state index contributed by atoms with van der Waals surface area (Å²) in [7, 11) is 0. The highest BCUT2D eigenvalue weighted by Crippen LogP contribution is 2.15. The molecule has 0 bridgehead atoms. The molecule has 0 amide bonds. The summed E-state index contributed by atoms with van der Waals surface area (Å²) < 4.78 is 0. The number of hydrogen-bond donors (Lipinski definition) is 4. The first-order chi connectivity index (χ1) is 11.0. The zero-order valence-corrected chi connectivity index (χ0v) is 14.6. The zero-order chi connectivity index (χ0) is 17.5. The Kier molecular flexibility index (Phi) is 14.5. The molecule has 3 unspecified atom stereocenters. The lowest BCUT2D eigenvalue weighted by Gasteiger charge is -2.23. The first kappa shape index (κ1) is 22.4. The highest BCUT2D eigenvalue weighted by atomic mass is 16.4. The standard InChI is InChI=1S/C18H36O5/c1-2-3-9-12-15(19)18(23)16(20)13-10-7-5-4-6-8-11-14-17(21)22/h15-16,18-20,23H,2-14H2,1H3,(H,21,22). The number of carboxylic acids is 1. The van der Waals surface area contributed by atoms with Crippen LogP contribution in [0.2, 0.25) is 0 Å². The molecule has 0 aromatic rings. The summed E-state index contributed by atoms with van der Waals surface area (Å²) in [5, 5.41) is 38.1. The van der Waals surface area contributed by atoms with E-state index in [0.717, 1.165) is 64.2 Å². The van der Waals surface area contributed by atoms with Gasteiger partial charge >= 0.3 is 5.97 Å². The van der Waals surface area contributed by atoms with Gasteiger partial charge in [0.25, 0.3) is 0 Å². The molecule has 5 heteroatoms. The normalized spacial score (nSPS) is 15.3. The van der Waals surface area contributed by atoms with Gasteiger partial charge in [0.2, 0.25) is 0 Å². The van der Waals surface area contributed by atoms with Crippen molar-refractivity contribution in [1.82, 2.24) is 0 Å². The van der Waals surface area contributed by atoms with Gasteiger partial charge in [-0.1, -0.05) is 64.7 Å². The third kappa shape index (κ3) is 13.5. The van der Waals surface area contributed by atoms with Crippen LogP contribution in [0.1, 0.15) is 90.4 Å². The quantitative estimate of drug-likeness (QED) is 0.325. The Morgan fingerprint density at radius 1 is 0.739 bits per heavy atom. The summed E-state index contributed by atoms with van der Waals surface area (Å²) >= 11 is 0. The SMILES string of the molecule is CCCCCC(O)C(O)C(O)CCCCCCCCCC(=O)O. The number of carboxylic acid groups (broad SMARTS) is 1. The molecule has 4 N–H and O–H groups in total. The molecule has 0 radical (unpaired) electrons. The fourth-order valence-corrected chi connectivity index (χ4v) is 2.72. The molecule has 0 aliphatic heterocycles. The Morgan fingerprint density at radius 2 is 1.17 bits per heavy atom. The van der Waals surface area contributed by atoms with E-state index in [1.807, 2.05) is 0 Å². The molecule has 0 aromatic carbocycles. The monoisotopic (exact) mass is 332 g/mol. The number of aliphatic hydroxyl groups excluding tert-OH is 3. The van der Waals surface area contributed by atoms with Crippen molar-refractivity contribution in [2.45, 2.75) is 109 Å². The molecule has 0 rings (SSSR count). The van der Waals surface area contributed by atoms with E-state index in [4.69, 9.17) is 5.11 Å². The fourth-order valence-electron chi connectivity index (χ4n) is 2.72. The predicted octanol–water partition coefficient (Wildman–Crippen LogP) is 3.24. The maximum atomic E-state index is 10.4. The average molecular weight is 332 g/mol. The summed E-state index contributed by atoms with van der Waals surface area (Å²) in [6.45, 7) is 2.09. The van der Waals surface area contributed by atoms with Gasteiger partial charge < -0.3 is 20.4 Å². The number of aliphatic hydroxyl groups is 3. The van der Waals surface area contributed by atoms with Gasteiger partial charge in [-0.2, -0.15) is 0 Å². The van der Waals surface area contributed by atoms with Crippen molar-refractivity contribution in [2.24, 2.45) is 0 Å². The minimum atomic E-state index is -1.04. The van der Waals surface area contributed by atoms with E-state index in [-0.39, 0.29) is 6.42 Å². The van der Waals surface area contributed by atoms with Crippen LogP contribution in [-0.4, -0.2) is 44.7 Å². The van der Waals surface area contributed by atoms with Crippen LogP contribution < -0.4 is 0 Å². The van der Waals surface area contributed by atoms with Crippen molar-refractivity contribution in [1.29, 1.82) is 0 Å². The summed E-state index contributed by atoms with van der Waals surface area (Å²) in [4.78, 5) is 10.4. The Labute approximate surface area is 140 Å². The zero-order valence-electron chi connectivity index (χ0n) is 14.6. The first-order valence-electron chi connectivity index (χ1n) is 9.25. The van der Waals surface area contributed by atoms with Crippen LogP contribution in [0.25, 0.3) is 0 Å². The van der Waals surface area contributed by atoms with Crippen LogP contribution in [0.15, 0.2) is 0 Å². The van der Waals surface area contributed by atoms with Gasteiger partial charge in [-0.05, 0) is 19.3 Å². The smallest absolute Gasteiger partial charge is 0.303 e. The van der Waals surface area contributed by atoms with Crippen molar-refractivity contribution < 1.29 is 25.2 Å². The van der Waals surface area contributed by atoms with E-state index in [1.165, 1.54) is 0 Å².